The first-order valence-electron chi connectivity index (χ1n) is 8.81. The largest absolute Gasteiger partial charge is 0.277 e. The van der Waals surface area contributed by atoms with E-state index in [-0.39, 0.29) is 23.1 Å². The van der Waals surface area contributed by atoms with Gasteiger partial charge in [-0.05, 0) is 30.2 Å². The predicted octanol–water partition coefficient (Wildman–Crippen LogP) is -0.200. The zero-order chi connectivity index (χ0) is 19.8. The van der Waals surface area contributed by atoms with Gasteiger partial charge in [-0.15, -0.1) is 20.4 Å². The molecule has 1 atom stereocenters. The highest BCUT2D eigenvalue weighted by atomic mass is 16.1. The Morgan fingerprint density at radius 3 is 2.21 bits per heavy atom. The lowest BCUT2D eigenvalue weighted by Crippen LogP contribution is -2.30. The van der Waals surface area contributed by atoms with E-state index < -0.39 is 0 Å². The number of benzene rings is 1. The molecule has 0 fully saturated rings. The Hall–Kier alpha value is -3.57. The molecule has 4 rings (SSSR count). The van der Waals surface area contributed by atoms with Crippen LogP contribution in [0.25, 0.3) is 21.8 Å². The second-order valence-electron chi connectivity index (χ2n) is 7.04. The third kappa shape index (κ3) is 3.12. The molecule has 3 aromatic heterocycles. The number of aromatic nitrogens is 10. The van der Waals surface area contributed by atoms with Gasteiger partial charge in [0.05, 0.1) is 23.4 Å². The quantitative estimate of drug-likeness (QED) is 0.429. The molecule has 4 aromatic rings. The van der Waals surface area contributed by atoms with Crippen molar-refractivity contribution in [3.63, 3.8) is 0 Å². The van der Waals surface area contributed by atoms with E-state index in [0.717, 1.165) is 0 Å². The van der Waals surface area contributed by atoms with Crippen LogP contribution in [0.1, 0.15) is 26.8 Å². The van der Waals surface area contributed by atoms with Gasteiger partial charge in [0.1, 0.15) is 11.0 Å². The van der Waals surface area contributed by atoms with Gasteiger partial charge in [-0.2, -0.15) is 4.80 Å². The summed E-state index contributed by atoms with van der Waals surface area (Å²) in [6.07, 6.45) is 1.32. The Labute approximate surface area is 157 Å². The van der Waals surface area contributed by atoms with Gasteiger partial charge >= 0.3 is 0 Å². The van der Waals surface area contributed by atoms with Gasteiger partial charge in [-0.3, -0.25) is 9.59 Å². The fraction of sp³-hybridized carbons (Fsp3) is 0.438. The van der Waals surface area contributed by atoms with Crippen LogP contribution in [-0.4, -0.2) is 50.2 Å². The minimum atomic E-state index is -0.348. The van der Waals surface area contributed by atoms with Crippen molar-refractivity contribution in [1.82, 2.24) is 50.2 Å². The molecule has 12 nitrogen and oxygen atoms in total. The molecule has 3 heterocycles. The summed E-state index contributed by atoms with van der Waals surface area (Å²) in [6.45, 7) is 6.55. The maximum atomic E-state index is 12.9. The highest BCUT2D eigenvalue weighted by Crippen LogP contribution is 2.14. The summed E-state index contributed by atoms with van der Waals surface area (Å²) >= 11 is 0. The van der Waals surface area contributed by atoms with Crippen molar-refractivity contribution in [2.45, 2.75) is 39.9 Å². The van der Waals surface area contributed by atoms with E-state index in [4.69, 9.17) is 0 Å². The van der Waals surface area contributed by atoms with Crippen molar-refractivity contribution < 1.29 is 0 Å². The topological polar surface area (TPSA) is 139 Å². The maximum absolute atomic E-state index is 12.9. The summed E-state index contributed by atoms with van der Waals surface area (Å²) < 4.78 is 2.58. The van der Waals surface area contributed by atoms with E-state index in [9.17, 15) is 9.59 Å². The van der Waals surface area contributed by atoms with Crippen molar-refractivity contribution >= 4 is 21.8 Å². The van der Waals surface area contributed by atoms with Gasteiger partial charge in [0.2, 0.25) is 0 Å². The van der Waals surface area contributed by atoms with Crippen LogP contribution in [0.5, 0.6) is 0 Å². The van der Waals surface area contributed by atoms with E-state index in [0.29, 0.717) is 34.9 Å². The van der Waals surface area contributed by atoms with Crippen LogP contribution >= 0.6 is 0 Å². The Bertz CT molecular complexity index is 1260. The molecule has 0 aliphatic heterocycles. The maximum Gasteiger partial charge on any atom is 0.277 e. The zero-order valence-corrected chi connectivity index (χ0v) is 15.6. The third-order valence-corrected chi connectivity index (χ3v) is 4.30. The van der Waals surface area contributed by atoms with Crippen molar-refractivity contribution in [2.24, 2.45) is 5.92 Å². The summed E-state index contributed by atoms with van der Waals surface area (Å²) in [4.78, 5) is 26.9. The second kappa shape index (κ2) is 6.87. The molecule has 1 aromatic carbocycles. The molecule has 0 aliphatic rings. The van der Waals surface area contributed by atoms with Gasteiger partial charge in [-0.1, -0.05) is 24.3 Å². The van der Waals surface area contributed by atoms with Crippen LogP contribution < -0.4 is 11.1 Å². The predicted molar refractivity (Wildman–Crippen MR) is 98.5 cm³/mol. The number of hydrogen-bond acceptors (Lipinski definition) is 9. The minimum absolute atomic E-state index is 0.248. The molecular weight excluding hydrogens is 364 g/mol. The van der Waals surface area contributed by atoms with Gasteiger partial charge in [0, 0.05) is 6.54 Å². The third-order valence-electron chi connectivity index (χ3n) is 4.30. The summed E-state index contributed by atoms with van der Waals surface area (Å²) in [5.41, 5.74) is 0.0747. The lowest BCUT2D eigenvalue weighted by molar-refractivity contribution is 0.354. The van der Waals surface area contributed by atoms with Gasteiger partial charge < -0.3 is 0 Å². The van der Waals surface area contributed by atoms with Crippen molar-refractivity contribution in [3.8, 4) is 0 Å². The molecule has 0 saturated heterocycles. The average Bonchev–Trinajstić information content (AvgIpc) is 3.16. The SMILES string of the molecule is CC(C)Cn1nnc2cc3c(=O)n([C@H](C)Cn4ncnn4)nnc3cc2c1=O. The van der Waals surface area contributed by atoms with E-state index in [1.54, 1.807) is 13.0 Å². The minimum Gasteiger partial charge on any atom is -0.267 e. The number of nitrogens with zero attached hydrogens (tertiary/aromatic N) is 10. The summed E-state index contributed by atoms with van der Waals surface area (Å²) in [5, 5.41) is 28.2. The van der Waals surface area contributed by atoms with Crippen molar-refractivity contribution in [1.29, 1.82) is 0 Å². The zero-order valence-electron chi connectivity index (χ0n) is 15.6. The first-order chi connectivity index (χ1) is 13.4. The van der Waals surface area contributed by atoms with E-state index in [1.165, 1.54) is 26.6 Å². The lowest BCUT2D eigenvalue weighted by Gasteiger charge is -2.12. The molecule has 28 heavy (non-hydrogen) atoms. The molecule has 0 N–H and O–H groups in total. The van der Waals surface area contributed by atoms with Crippen LogP contribution in [0.2, 0.25) is 0 Å². The molecule has 144 valence electrons. The van der Waals surface area contributed by atoms with Crippen LogP contribution in [0.3, 0.4) is 0 Å². The molecule has 0 radical (unpaired) electrons. The van der Waals surface area contributed by atoms with Gasteiger partial charge in [0.15, 0.2) is 6.33 Å². The van der Waals surface area contributed by atoms with Crippen LogP contribution in [0, 0.1) is 5.92 Å². The first-order valence-corrected chi connectivity index (χ1v) is 8.81. The molecule has 0 bridgehead atoms. The Morgan fingerprint density at radius 1 is 0.893 bits per heavy atom. The average molecular weight is 382 g/mol. The first kappa shape index (κ1) is 17.8. The van der Waals surface area contributed by atoms with E-state index in [1.807, 2.05) is 13.8 Å². The summed E-state index contributed by atoms with van der Waals surface area (Å²) in [6, 6.07) is 2.73. The molecule has 12 heteroatoms. The fourth-order valence-electron chi connectivity index (χ4n) is 2.97. The molecule has 0 amide bonds. The second-order valence-corrected chi connectivity index (χ2v) is 7.04. The van der Waals surface area contributed by atoms with E-state index in [2.05, 4.69) is 36.0 Å². The Morgan fingerprint density at radius 2 is 1.57 bits per heavy atom. The normalized spacial score (nSPS) is 12.9. The number of tetrazole rings is 1. The molecule has 0 spiro atoms. The highest BCUT2D eigenvalue weighted by molar-refractivity contribution is 5.93. The van der Waals surface area contributed by atoms with E-state index >= 15 is 0 Å². The Balaban J connectivity index is 1.81. The monoisotopic (exact) mass is 382 g/mol. The number of rotatable bonds is 5. The standard InChI is InChI=1S/C16H18N10O2/c1-9(2)6-24-15(27)11-4-14-12(5-13(11)19-22-24)16(28)26(23-20-14)10(3)7-25-18-8-17-21-25/h4-5,8-10H,6-7H2,1-3H3/t10-/m1/s1. The van der Waals surface area contributed by atoms with Crippen molar-refractivity contribution in [3.05, 3.63) is 39.2 Å². The summed E-state index contributed by atoms with van der Waals surface area (Å²) in [7, 11) is 0. The molecule has 0 unspecified atom stereocenters. The van der Waals surface area contributed by atoms with Crippen LogP contribution in [-0.2, 0) is 13.1 Å². The van der Waals surface area contributed by atoms with Gasteiger partial charge in [0.25, 0.3) is 11.1 Å². The lowest BCUT2D eigenvalue weighted by atomic mass is 10.1. The summed E-state index contributed by atoms with van der Waals surface area (Å²) in [5.74, 6) is 0.248. The smallest absolute Gasteiger partial charge is 0.267 e. The highest BCUT2D eigenvalue weighted by Gasteiger charge is 2.16. The van der Waals surface area contributed by atoms with Crippen molar-refractivity contribution in [2.75, 3.05) is 0 Å². The number of fused-ring (bicyclic) bond motifs is 2. The molecule has 0 aliphatic carbocycles. The molecule has 0 saturated carbocycles. The fourth-order valence-corrected chi connectivity index (χ4v) is 2.97. The van der Waals surface area contributed by atoms with Crippen LogP contribution in [0.15, 0.2) is 28.0 Å². The van der Waals surface area contributed by atoms with Crippen LogP contribution in [0.4, 0.5) is 0 Å². The Kier molecular flexibility index (Phi) is 4.37. The molecular formula is C16H18N10O2. The van der Waals surface area contributed by atoms with Gasteiger partial charge in [-0.25, -0.2) is 9.36 Å². The number of hydrogen-bond donors (Lipinski definition) is 0.